The van der Waals surface area contributed by atoms with Gasteiger partial charge in [-0.1, -0.05) is 11.6 Å². The molecule has 1 fully saturated rings. The quantitative estimate of drug-likeness (QED) is 0.782. The maximum absolute atomic E-state index is 13.6. The normalized spacial score (nSPS) is 18.8. The Morgan fingerprint density at radius 3 is 2.79 bits per heavy atom. The number of imide groups is 1. The number of nitriles is 1. The lowest BCUT2D eigenvalue weighted by atomic mass is 10.1. The second-order valence-corrected chi connectivity index (χ2v) is 4.77. The molecule has 1 aliphatic rings. The van der Waals surface area contributed by atoms with Gasteiger partial charge in [-0.05, 0) is 24.6 Å². The van der Waals surface area contributed by atoms with Gasteiger partial charge >= 0.3 is 0 Å². The summed E-state index contributed by atoms with van der Waals surface area (Å²) < 4.78 is 13.6. The Morgan fingerprint density at radius 1 is 1.53 bits per heavy atom. The van der Waals surface area contributed by atoms with E-state index in [-0.39, 0.29) is 23.6 Å². The Balaban J connectivity index is 2.40. The lowest BCUT2D eigenvalue weighted by Crippen LogP contribution is -2.30. The molecule has 1 aromatic rings. The molecular formula is C13H10ClFN2O2. The fraction of sp³-hybridized carbons (Fsp3) is 0.308. The molecule has 0 aliphatic carbocycles. The molecule has 1 unspecified atom stereocenters. The second kappa shape index (κ2) is 4.98. The third-order valence-electron chi connectivity index (χ3n) is 3.03. The number of aryl methyl sites for hydroxylation is 1. The van der Waals surface area contributed by atoms with Gasteiger partial charge in [0.2, 0.25) is 11.8 Å². The van der Waals surface area contributed by atoms with Gasteiger partial charge in [0.1, 0.15) is 5.82 Å². The number of halogens is 2. The first kappa shape index (κ1) is 13.5. The molecule has 1 atom stereocenters. The van der Waals surface area contributed by atoms with Gasteiger partial charge in [0, 0.05) is 12.8 Å². The van der Waals surface area contributed by atoms with E-state index in [0.717, 1.165) is 11.0 Å². The molecule has 0 spiro atoms. The summed E-state index contributed by atoms with van der Waals surface area (Å²) in [6.07, 6.45) is -0.0359. The summed E-state index contributed by atoms with van der Waals surface area (Å²) in [6, 6.07) is 4.41. The summed E-state index contributed by atoms with van der Waals surface area (Å²) in [5, 5.41) is 8.57. The summed E-state index contributed by atoms with van der Waals surface area (Å²) in [6.45, 7) is 1.59. The van der Waals surface area contributed by atoms with Crippen LogP contribution >= 0.6 is 11.6 Å². The van der Waals surface area contributed by atoms with E-state index in [0.29, 0.717) is 5.56 Å². The minimum Gasteiger partial charge on any atom is -0.274 e. The topological polar surface area (TPSA) is 61.2 Å². The van der Waals surface area contributed by atoms with Crippen molar-refractivity contribution in [2.75, 3.05) is 4.90 Å². The van der Waals surface area contributed by atoms with E-state index in [9.17, 15) is 14.0 Å². The van der Waals surface area contributed by atoms with Gasteiger partial charge in [-0.2, -0.15) is 5.26 Å². The average Bonchev–Trinajstić information content (AvgIpc) is 2.62. The number of amides is 2. The lowest BCUT2D eigenvalue weighted by molar-refractivity contribution is -0.122. The summed E-state index contributed by atoms with van der Waals surface area (Å²) in [4.78, 5) is 24.8. The van der Waals surface area contributed by atoms with Crippen LogP contribution in [0.15, 0.2) is 12.1 Å². The van der Waals surface area contributed by atoms with Gasteiger partial charge in [-0.3, -0.25) is 14.5 Å². The number of rotatable bonds is 2. The molecule has 0 N–H and O–H groups in total. The van der Waals surface area contributed by atoms with E-state index in [1.165, 1.54) is 6.07 Å². The number of carbonyl (C=O) groups excluding carboxylic acids is 2. The Labute approximate surface area is 114 Å². The van der Waals surface area contributed by atoms with Crippen molar-refractivity contribution in [1.82, 2.24) is 0 Å². The van der Waals surface area contributed by atoms with Crippen molar-refractivity contribution in [1.29, 1.82) is 5.26 Å². The first-order valence-corrected chi connectivity index (χ1v) is 6.03. The SMILES string of the molecule is Cc1cc(N2C(=O)CC(CC#N)C2=O)cc(F)c1Cl. The second-order valence-electron chi connectivity index (χ2n) is 4.39. The minimum atomic E-state index is -0.680. The van der Waals surface area contributed by atoms with E-state index in [1.807, 2.05) is 6.07 Å². The number of carbonyl (C=O) groups is 2. The van der Waals surface area contributed by atoms with Crippen LogP contribution in [0.3, 0.4) is 0 Å². The van der Waals surface area contributed by atoms with E-state index in [2.05, 4.69) is 0 Å². The third-order valence-corrected chi connectivity index (χ3v) is 3.51. The molecule has 0 saturated carbocycles. The monoisotopic (exact) mass is 280 g/mol. The van der Waals surface area contributed by atoms with Crippen molar-refractivity contribution < 1.29 is 14.0 Å². The zero-order valence-corrected chi connectivity index (χ0v) is 10.9. The van der Waals surface area contributed by atoms with Crippen LogP contribution in [0, 0.1) is 30.0 Å². The molecule has 2 amide bonds. The van der Waals surface area contributed by atoms with Gasteiger partial charge in [-0.15, -0.1) is 0 Å². The molecule has 6 heteroatoms. The Bertz CT molecular complexity index is 586. The van der Waals surface area contributed by atoms with Crippen LogP contribution in [0.2, 0.25) is 5.02 Å². The van der Waals surface area contributed by atoms with Crippen LogP contribution in [0.5, 0.6) is 0 Å². The van der Waals surface area contributed by atoms with Crippen LogP contribution in [0.4, 0.5) is 10.1 Å². The lowest BCUT2D eigenvalue weighted by Gasteiger charge is -2.16. The Hall–Kier alpha value is -1.93. The van der Waals surface area contributed by atoms with Crippen molar-refractivity contribution in [2.45, 2.75) is 19.8 Å². The van der Waals surface area contributed by atoms with Gasteiger partial charge in [0.25, 0.3) is 0 Å². The van der Waals surface area contributed by atoms with Gasteiger partial charge in [0.05, 0.1) is 22.7 Å². The van der Waals surface area contributed by atoms with Crippen molar-refractivity contribution in [3.63, 3.8) is 0 Å². The summed E-state index contributed by atoms with van der Waals surface area (Å²) in [5.74, 6) is -2.21. The van der Waals surface area contributed by atoms with E-state index in [4.69, 9.17) is 16.9 Å². The van der Waals surface area contributed by atoms with Crippen molar-refractivity contribution in [2.24, 2.45) is 5.92 Å². The summed E-state index contributed by atoms with van der Waals surface area (Å²) in [5.41, 5.74) is 0.607. The Kier molecular flexibility index (Phi) is 3.54. The first-order valence-electron chi connectivity index (χ1n) is 5.65. The van der Waals surface area contributed by atoms with Gasteiger partial charge in [0.15, 0.2) is 0 Å². The smallest absolute Gasteiger partial charge is 0.238 e. The van der Waals surface area contributed by atoms with Gasteiger partial charge in [-0.25, -0.2) is 4.39 Å². The molecule has 19 heavy (non-hydrogen) atoms. The van der Waals surface area contributed by atoms with E-state index < -0.39 is 23.5 Å². The highest BCUT2D eigenvalue weighted by Gasteiger charge is 2.39. The highest BCUT2D eigenvalue weighted by Crippen LogP contribution is 2.32. The molecular weight excluding hydrogens is 271 g/mol. The maximum Gasteiger partial charge on any atom is 0.238 e. The fourth-order valence-corrected chi connectivity index (χ4v) is 2.18. The number of hydrogen-bond acceptors (Lipinski definition) is 3. The van der Waals surface area contributed by atoms with Crippen molar-refractivity contribution >= 4 is 29.1 Å². The molecule has 0 aromatic heterocycles. The zero-order chi connectivity index (χ0) is 14.2. The largest absolute Gasteiger partial charge is 0.274 e. The fourth-order valence-electron chi connectivity index (χ4n) is 2.07. The van der Waals surface area contributed by atoms with Crippen LogP contribution < -0.4 is 4.90 Å². The van der Waals surface area contributed by atoms with E-state index >= 15 is 0 Å². The molecule has 0 bridgehead atoms. The standard InChI is InChI=1S/C13H10ClFN2O2/c1-7-4-9(6-10(15)12(7)14)17-11(18)5-8(2-3-16)13(17)19/h4,6,8H,2,5H2,1H3. The molecule has 4 nitrogen and oxygen atoms in total. The molecule has 1 aliphatic heterocycles. The van der Waals surface area contributed by atoms with Crippen LogP contribution in [0.1, 0.15) is 18.4 Å². The highest BCUT2D eigenvalue weighted by atomic mass is 35.5. The highest BCUT2D eigenvalue weighted by molar-refractivity contribution is 6.31. The van der Waals surface area contributed by atoms with Crippen molar-refractivity contribution in [3.05, 3.63) is 28.5 Å². The average molecular weight is 281 g/mol. The summed E-state index contributed by atoms with van der Waals surface area (Å²) in [7, 11) is 0. The Morgan fingerprint density at radius 2 is 2.21 bits per heavy atom. The molecule has 98 valence electrons. The number of nitrogens with zero attached hydrogens (tertiary/aromatic N) is 2. The number of anilines is 1. The van der Waals surface area contributed by atoms with Crippen molar-refractivity contribution in [3.8, 4) is 6.07 Å². The number of benzene rings is 1. The molecule has 1 heterocycles. The minimum absolute atomic E-state index is 0.0177. The van der Waals surface area contributed by atoms with Crippen LogP contribution in [-0.4, -0.2) is 11.8 Å². The van der Waals surface area contributed by atoms with E-state index in [1.54, 1.807) is 6.92 Å². The predicted molar refractivity (Wildman–Crippen MR) is 67.0 cm³/mol. The number of hydrogen-bond donors (Lipinski definition) is 0. The predicted octanol–water partition coefficient (Wildman–Crippen LogP) is 2.58. The van der Waals surface area contributed by atoms with Crippen LogP contribution in [-0.2, 0) is 9.59 Å². The molecule has 2 rings (SSSR count). The molecule has 1 aromatic carbocycles. The maximum atomic E-state index is 13.6. The van der Waals surface area contributed by atoms with Gasteiger partial charge < -0.3 is 0 Å². The zero-order valence-electron chi connectivity index (χ0n) is 10.1. The van der Waals surface area contributed by atoms with Crippen LogP contribution in [0.25, 0.3) is 0 Å². The molecule has 1 saturated heterocycles. The summed E-state index contributed by atoms with van der Waals surface area (Å²) >= 11 is 5.70. The molecule has 0 radical (unpaired) electrons. The third kappa shape index (κ3) is 2.32. The first-order chi connectivity index (χ1) is 8.95.